The smallest absolute Gasteiger partial charge is 0.243 e. The second-order valence-corrected chi connectivity index (χ2v) is 7.88. The fourth-order valence-electron chi connectivity index (χ4n) is 2.28. The van der Waals surface area contributed by atoms with E-state index in [-0.39, 0.29) is 0 Å². The van der Waals surface area contributed by atoms with Crippen molar-refractivity contribution < 1.29 is 13.2 Å². The molecule has 5 heteroatoms. The highest BCUT2D eigenvalue weighted by molar-refractivity contribution is 7.89. The number of benzene rings is 2. The van der Waals surface area contributed by atoms with Gasteiger partial charge < -0.3 is 4.74 Å². The molecule has 23 heavy (non-hydrogen) atoms. The molecule has 2 rings (SSSR count). The zero-order valence-corrected chi connectivity index (χ0v) is 14.8. The van der Waals surface area contributed by atoms with Crippen molar-refractivity contribution in [2.45, 2.75) is 31.2 Å². The van der Waals surface area contributed by atoms with Crippen LogP contribution in [0.1, 0.15) is 30.9 Å². The molecule has 0 aromatic heterocycles. The summed E-state index contributed by atoms with van der Waals surface area (Å²) in [7, 11) is -0.296. The van der Waals surface area contributed by atoms with E-state index in [1.807, 2.05) is 36.4 Å². The van der Waals surface area contributed by atoms with Crippen LogP contribution in [0.4, 0.5) is 0 Å². The summed E-state index contributed by atoms with van der Waals surface area (Å²) < 4.78 is 31.8. The van der Waals surface area contributed by atoms with Gasteiger partial charge in [-0.25, -0.2) is 8.42 Å². The van der Waals surface area contributed by atoms with Gasteiger partial charge in [0.05, 0.1) is 12.0 Å². The standard InChI is InChI=1S/C18H23NO3S/c1-14(2)16-7-11-18(12-8-16)23(20,21)19(3)13-15-5-9-17(22-4)10-6-15/h5-12,14H,13H2,1-4H3. The normalized spacial score (nSPS) is 11.9. The van der Waals surface area contributed by atoms with Crippen LogP contribution in [0, 0.1) is 0 Å². The maximum absolute atomic E-state index is 12.6. The fourth-order valence-corrected chi connectivity index (χ4v) is 3.44. The van der Waals surface area contributed by atoms with Crippen molar-refractivity contribution in [3.63, 3.8) is 0 Å². The van der Waals surface area contributed by atoms with Gasteiger partial charge >= 0.3 is 0 Å². The lowest BCUT2D eigenvalue weighted by Gasteiger charge is -2.18. The number of nitrogens with zero attached hydrogens (tertiary/aromatic N) is 1. The van der Waals surface area contributed by atoms with Crippen LogP contribution in [0.15, 0.2) is 53.4 Å². The van der Waals surface area contributed by atoms with E-state index in [9.17, 15) is 8.42 Å². The van der Waals surface area contributed by atoms with Crippen molar-refractivity contribution in [2.24, 2.45) is 0 Å². The molecule has 0 aliphatic rings. The molecule has 2 aromatic carbocycles. The Bertz CT molecular complexity index is 735. The molecule has 0 fully saturated rings. The van der Waals surface area contributed by atoms with Crippen LogP contribution in [-0.2, 0) is 16.6 Å². The van der Waals surface area contributed by atoms with Gasteiger partial charge in [0.15, 0.2) is 0 Å². The van der Waals surface area contributed by atoms with Gasteiger partial charge in [0, 0.05) is 13.6 Å². The second-order valence-electron chi connectivity index (χ2n) is 5.83. The fraction of sp³-hybridized carbons (Fsp3) is 0.333. The predicted octanol–water partition coefficient (Wildman–Crippen LogP) is 3.64. The van der Waals surface area contributed by atoms with Gasteiger partial charge in [-0.3, -0.25) is 0 Å². The zero-order valence-electron chi connectivity index (χ0n) is 14.0. The summed E-state index contributed by atoms with van der Waals surface area (Å²) in [5.74, 6) is 1.13. The Morgan fingerprint density at radius 2 is 1.57 bits per heavy atom. The molecule has 4 nitrogen and oxygen atoms in total. The lowest BCUT2D eigenvalue weighted by atomic mass is 10.0. The number of hydrogen-bond donors (Lipinski definition) is 0. The first-order valence-corrected chi connectivity index (χ1v) is 8.98. The lowest BCUT2D eigenvalue weighted by Crippen LogP contribution is -2.26. The Balaban J connectivity index is 2.17. The van der Waals surface area contributed by atoms with E-state index in [4.69, 9.17) is 4.74 Å². The zero-order chi connectivity index (χ0) is 17.0. The molecule has 0 aliphatic carbocycles. The summed E-state index contributed by atoms with van der Waals surface area (Å²) in [5, 5.41) is 0. The highest BCUT2D eigenvalue weighted by Gasteiger charge is 2.21. The molecule has 0 heterocycles. The first-order valence-electron chi connectivity index (χ1n) is 7.54. The maximum Gasteiger partial charge on any atom is 0.243 e. The minimum Gasteiger partial charge on any atom is -0.497 e. The van der Waals surface area contributed by atoms with Crippen LogP contribution in [-0.4, -0.2) is 26.9 Å². The molecule has 124 valence electrons. The van der Waals surface area contributed by atoms with Crippen LogP contribution >= 0.6 is 0 Å². The molecule has 0 spiro atoms. The van der Waals surface area contributed by atoms with Crippen LogP contribution < -0.4 is 4.74 Å². The maximum atomic E-state index is 12.6. The molecule has 0 atom stereocenters. The van der Waals surface area contributed by atoms with Crippen molar-refractivity contribution in [1.82, 2.24) is 4.31 Å². The summed E-state index contributed by atoms with van der Waals surface area (Å²) in [6.45, 7) is 4.48. The highest BCUT2D eigenvalue weighted by Crippen LogP contribution is 2.21. The molecule has 0 N–H and O–H groups in total. The molecule has 0 bridgehead atoms. The van der Waals surface area contributed by atoms with Gasteiger partial charge in [0.1, 0.15) is 5.75 Å². The Kier molecular flexibility index (Phi) is 5.44. The molecule has 0 saturated carbocycles. The van der Waals surface area contributed by atoms with E-state index in [2.05, 4.69) is 13.8 Å². The van der Waals surface area contributed by atoms with Crippen molar-refractivity contribution in [3.8, 4) is 5.75 Å². The van der Waals surface area contributed by atoms with Gasteiger partial charge in [-0.05, 0) is 41.3 Å². The number of rotatable bonds is 6. The van der Waals surface area contributed by atoms with E-state index in [1.54, 1.807) is 26.3 Å². The SMILES string of the molecule is COc1ccc(CN(C)S(=O)(=O)c2ccc(C(C)C)cc2)cc1. The number of hydrogen-bond acceptors (Lipinski definition) is 3. The Morgan fingerprint density at radius 1 is 1.00 bits per heavy atom. The van der Waals surface area contributed by atoms with Crippen molar-refractivity contribution >= 4 is 10.0 Å². The van der Waals surface area contributed by atoms with E-state index < -0.39 is 10.0 Å². The monoisotopic (exact) mass is 333 g/mol. The summed E-state index contributed by atoms with van der Waals surface area (Å²) in [4.78, 5) is 0.318. The minimum atomic E-state index is -3.49. The minimum absolute atomic E-state index is 0.318. The lowest BCUT2D eigenvalue weighted by molar-refractivity contribution is 0.414. The predicted molar refractivity (Wildman–Crippen MR) is 92.2 cm³/mol. The van der Waals surface area contributed by atoms with Crippen LogP contribution in [0.2, 0.25) is 0 Å². The third kappa shape index (κ3) is 4.12. The van der Waals surface area contributed by atoms with Crippen LogP contribution in [0.5, 0.6) is 5.75 Å². The van der Waals surface area contributed by atoms with Gasteiger partial charge in [0.2, 0.25) is 10.0 Å². The third-order valence-corrected chi connectivity index (χ3v) is 5.64. The van der Waals surface area contributed by atoms with E-state index in [0.717, 1.165) is 16.9 Å². The quantitative estimate of drug-likeness (QED) is 0.811. The average Bonchev–Trinajstić information content (AvgIpc) is 2.55. The van der Waals surface area contributed by atoms with E-state index in [0.29, 0.717) is 17.4 Å². The number of ether oxygens (including phenoxy) is 1. The van der Waals surface area contributed by atoms with Crippen LogP contribution in [0.25, 0.3) is 0 Å². The summed E-state index contributed by atoms with van der Waals surface area (Å²) in [6, 6.07) is 14.5. The van der Waals surface area contributed by atoms with Gasteiger partial charge in [-0.2, -0.15) is 4.31 Å². The number of methoxy groups -OCH3 is 1. The first kappa shape index (κ1) is 17.5. The molecular weight excluding hydrogens is 310 g/mol. The van der Waals surface area contributed by atoms with E-state index >= 15 is 0 Å². The molecule has 0 radical (unpaired) electrons. The third-order valence-electron chi connectivity index (χ3n) is 3.82. The second kappa shape index (κ2) is 7.15. The summed E-state index contributed by atoms with van der Waals surface area (Å²) in [6.07, 6.45) is 0. The van der Waals surface area contributed by atoms with Crippen LogP contribution in [0.3, 0.4) is 0 Å². The number of sulfonamides is 1. The molecule has 0 aliphatic heterocycles. The topological polar surface area (TPSA) is 46.6 Å². The Labute approximate surface area is 138 Å². The Morgan fingerprint density at radius 3 is 2.04 bits per heavy atom. The molecular formula is C18H23NO3S. The van der Waals surface area contributed by atoms with Crippen molar-refractivity contribution in [1.29, 1.82) is 0 Å². The average molecular weight is 333 g/mol. The molecule has 0 unspecified atom stereocenters. The molecule has 2 aromatic rings. The Hall–Kier alpha value is -1.85. The summed E-state index contributed by atoms with van der Waals surface area (Å²) >= 11 is 0. The van der Waals surface area contributed by atoms with Gasteiger partial charge in [-0.15, -0.1) is 0 Å². The van der Waals surface area contributed by atoms with Crippen molar-refractivity contribution in [3.05, 3.63) is 59.7 Å². The van der Waals surface area contributed by atoms with Crippen molar-refractivity contribution in [2.75, 3.05) is 14.2 Å². The van der Waals surface area contributed by atoms with Gasteiger partial charge in [-0.1, -0.05) is 38.1 Å². The van der Waals surface area contributed by atoms with Gasteiger partial charge in [0.25, 0.3) is 0 Å². The summed E-state index contributed by atoms with van der Waals surface area (Å²) in [5.41, 5.74) is 2.04. The first-order chi connectivity index (χ1) is 10.8. The molecule has 0 saturated heterocycles. The highest BCUT2D eigenvalue weighted by atomic mass is 32.2. The molecule has 0 amide bonds. The van der Waals surface area contributed by atoms with E-state index in [1.165, 1.54) is 4.31 Å². The largest absolute Gasteiger partial charge is 0.497 e.